The third-order valence-corrected chi connectivity index (χ3v) is 5.13. The monoisotopic (exact) mass is 405 g/mol. The minimum Gasteiger partial charge on any atom is -0.493 e. The summed E-state index contributed by atoms with van der Waals surface area (Å²) in [6.45, 7) is 2.67. The Labute approximate surface area is 175 Å². The first-order chi connectivity index (χ1) is 14.7. The summed E-state index contributed by atoms with van der Waals surface area (Å²) in [4.78, 5) is 20.6. The molecule has 0 N–H and O–H groups in total. The first kappa shape index (κ1) is 19.6. The fourth-order valence-corrected chi connectivity index (χ4v) is 3.45. The van der Waals surface area contributed by atoms with Crippen LogP contribution in [0.25, 0.3) is 11.3 Å². The van der Waals surface area contributed by atoms with Gasteiger partial charge < -0.3 is 19.3 Å². The summed E-state index contributed by atoms with van der Waals surface area (Å²) in [6, 6.07) is 13.1. The van der Waals surface area contributed by atoms with Gasteiger partial charge >= 0.3 is 0 Å². The maximum atomic E-state index is 12.6. The van der Waals surface area contributed by atoms with Gasteiger partial charge in [-0.05, 0) is 42.5 Å². The third kappa shape index (κ3) is 4.03. The van der Waals surface area contributed by atoms with Crippen LogP contribution in [0, 0.1) is 0 Å². The molecule has 0 aliphatic carbocycles. The van der Waals surface area contributed by atoms with E-state index in [-0.39, 0.29) is 5.91 Å². The van der Waals surface area contributed by atoms with Crippen molar-refractivity contribution in [2.24, 2.45) is 0 Å². The number of piperazine rings is 1. The number of aromatic nitrogens is 3. The molecular formula is C22H23N5O3. The predicted molar refractivity (Wildman–Crippen MR) is 113 cm³/mol. The molecule has 0 bridgehead atoms. The molecule has 8 heteroatoms. The highest BCUT2D eigenvalue weighted by Gasteiger charge is 2.23. The first-order valence-corrected chi connectivity index (χ1v) is 9.70. The van der Waals surface area contributed by atoms with Crippen LogP contribution >= 0.6 is 0 Å². The highest BCUT2D eigenvalue weighted by atomic mass is 16.5. The highest BCUT2D eigenvalue weighted by molar-refractivity contribution is 5.94. The first-order valence-electron chi connectivity index (χ1n) is 9.70. The van der Waals surface area contributed by atoms with Crippen molar-refractivity contribution in [3.8, 4) is 22.8 Å². The minimum atomic E-state index is 0.0117. The van der Waals surface area contributed by atoms with Crippen LogP contribution in [0.1, 0.15) is 10.4 Å². The fourth-order valence-electron chi connectivity index (χ4n) is 3.45. The van der Waals surface area contributed by atoms with Crippen LogP contribution in [0.3, 0.4) is 0 Å². The van der Waals surface area contributed by atoms with E-state index >= 15 is 0 Å². The van der Waals surface area contributed by atoms with Crippen LogP contribution < -0.4 is 14.4 Å². The molecule has 30 heavy (non-hydrogen) atoms. The molecule has 0 radical (unpaired) electrons. The smallest absolute Gasteiger partial charge is 0.255 e. The Kier molecular flexibility index (Phi) is 5.74. The van der Waals surface area contributed by atoms with Gasteiger partial charge in [0.25, 0.3) is 5.91 Å². The molecule has 2 aromatic heterocycles. The summed E-state index contributed by atoms with van der Waals surface area (Å²) in [5, 5.41) is 8.78. The maximum absolute atomic E-state index is 12.6. The van der Waals surface area contributed by atoms with Gasteiger partial charge in [0, 0.05) is 44.1 Å². The van der Waals surface area contributed by atoms with Crippen molar-refractivity contribution in [1.82, 2.24) is 20.1 Å². The van der Waals surface area contributed by atoms with Crippen LogP contribution in [-0.2, 0) is 0 Å². The molecule has 154 valence electrons. The number of carbonyl (C=O) groups is 1. The molecule has 0 saturated carbocycles. The largest absolute Gasteiger partial charge is 0.493 e. The van der Waals surface area contributed by atoms with Crippen molar-refractivity contribution < 1.29 is 14.3 Å². The number of hydrogen-bond donors (Lipinski definition) is 0. The van der Waals surface area contributed by atoms with E-state index in [1.165, 1.54) is 0 Å². The lowest BCUT2D eigenvalue weighted by Crippen LogP contribution is -2.49. The van der Waals surface area contributed by atoms with Gasteiger partial charge in [0.15, 0.2) is 17.3 Å². The Morgan fingerprint density at radius 1 is 0.933 bits per heavy atom. The summed E-state index contributed by atoms with van der Waals surface area (Å²) in [5.74, 6) is 2.13. The van der Waals surface area contributed by atoms with Crippen molar-refractivity contribution in [2.45, 2.75) is 0 Å². The summed E-state index contributed by atoms with van der Waals surface area (Å²) in [6.07, 6.45) is 3.27. The zero-order chi connectivity index (χ0) is 20.9. The zero-order valence-electron chi connectivity index (χ0n) is 17.0. The van der Waals surface area contributed by atoms with Crippen molar-refractivity contribution >= 4 is 11.7 Å². The SMILES string of the molecule is COc1ccc(-c2ccc(N3CCN(C(=O)c4cccnc4)CC3)nn2)cc1OC. The molecule has 1 aromatic carbocycles. The second-order valence-corrected chi connectivity index (χ2v) is 6.87. The second-order valence-electron chi connectivity index (χ2n) is 6.87. The molecule has 4 rings (SSSR count). The fraction of sp³-hybridized carbons (Fsp3) is 0.273. The van der Waals surface area contributed by atoms with Gasteiger partial charge in [-0.1, -0.05) is 0 Å². The van der Waals surface area contributed by atoms with Gasteiger partial charge in [-0.2, -0.15) is 0 Å². The maximum Gasteiger partial charge on any atom is 0.255 e. The van der Waals surface area contributed by atoms with Crippen LogP contribution in [0.4, 0.5) is 5.82 Å². The standard InChI is InChI=1S/C22H23N5O3/c1-29-19-7-5-16(14-20(19)30-2)18-6-8-21(25-24-18)26-10-12-27(13-11-26)22(28)17-4-3-9-23-15-17/h3-9,14-15H,10-13H2,1-2H3. The van der Waals surface area contributed by atoms with E-state index in [0.29, 0.717) is 43.2 Å². The molecule has 3 aromatic rings. The minimum absolute atomic E-state index is 0.0117. The number of nitrogens with zero attached hydrogens (tertiary/aromatic N) is 5. The Morgan fingerprint density at radius 3 is 2.37 bits per heavy atom. The predicted octanol–water partition coefficient (Wildman–Crippen LogP) is 2.52. The van der Waals surface area contributed by atoms with E-state index in [1.807, 2.05) is 35.2 Å². The Morgan fingerprint density at radius 2 is 1.73 bits per heavy atom. The number of amides is 1. The Bertz CT molecular complexity index is 1000. The van der Waals surface area contributed by atoms with Gasteiger partial charge in [0.2, 0.25) is 0 Å². The molecule has 3 heterocycles. The molecule has 1 saturated heterocycles. The lowest BCUT2D eigenvalue weighted by Gasteiger charge is -2.35. The van der Waals surface area contributed by atoms with Crippen molar-refractivity contribution in [3.05, 3.63) is 60.4 Å². The van der Waals surface area contributed by atoms with Gasteiger partial charge in [-0.3, -0.25) is 9.78 Å². The molecule has 1 amide bonds. The molecule has 0 spiro atoms. The van der Waals surface area contributed by atoms with E-state index in [0.717, 1.165) is 17.1 Å². The Balaban J connectivity index is 1.41. The quantitative estimate of drug-likeness (QED) is 0.645. The molecular weight excluding hydrogens is 382 g/mol. The normalized spacial score (nSPS) is 13.8. The van der Waals surface area contributed by atoms with Gasteiger partial charge in [0.1, 0.15) is 0 Å². The molecule has 1 aliphatic rings. The van der Waals surface area contributed by atoms with Crippen LogP contribution in [0.15, 0.2) is 54.9 Å². The van der Waals surface area contributed by atoms with E-state index in [1.54, 1.807) is 38.7 Å². The summed E-state index contributed by atoms with van der Waals surface area (Å²) < 4.78 is 10.6. The summed E-state index contributed by atoms with van der Waals surface area (Å²) in [5.41, 5.74) is 2.27. The number of hydrogen-bond acceptors (Lipinski definition) is 7. The molecule has 0 unspecified atom stereocenters. The third-order valence-electron chi connectivity index (χ3n) is 5.13. The number of ether oxygens (including phenoxy) is 2. The number of rotatable bonds is 5. The number of carbonyl (C=O) groups excluding carboxylic acids is 1. The lowest BCUT2D eigenvalue weighted by molar-refractivity contribution is 0.0746. The zero-order valence-corrected chi connectivity index (χ0v) is 17.0. The van der Waals surface area contributed by atoms with E-state index in [4.69, 9.17) is 9.47 Å². The summed E-state index contributed by atoms with van der Waals surface area (Å²) >= 11 is 0. The number of methoxy groups -OCH3 is 2. The van der Waals surface area contributed by atoms with Gasteiger partial charge in [-0.25, -0.2) is 0 Å². The number of benzene rings is 1. The highest BCUT2D eigenvalue weighted by Crippen LogP contribution is 2.31. The Hall–Kier alpha value is -3.68. The van der Waals surface area contributed by atoms with E-state index in [9.17, 15) is 4.79 Å². The lowest BCUT2D eigenvalue weighted by atomic mass is 10.1. The van der Waals surface area contributed by atoms with Crippen LogP contribution in [0.5, 0.6) is 11.5 Å². The van der Waals surface area contributed by atoms with Crippen LogP contribution in [-0.4, -0.2) is 66.4 Å². The number of pyridine rings is 1. The second kappa shape index (κ2) is 8.77. The van der Waals surface area contributed by atoms with Gasteiger partial charge in [-0.15, -0.1) is 10.2 Å². The molecule has 1 fully saturated rings. The molecule has 8 nitrogen and oxygen atoms in total. The van der Waals surface area contributed by atoms with E-state index in [2.05, 4.69) is 20.1 Å². The van der Waals surface area contributed by atoms with Crippen molar-refractivity contribution in [2.75, 3.05) is 45.3 Å². The number of anilines is 1. The average Bonchev–Trinajstić information content (AvgIpc) is 2.84. The van der Waals surface area contributed by atoms with Crippen molar-refractivity contribution in [3.63, 3.8) is 0 Å². The molecule has 1 aliphatic heterocycles. The van der Waals surface area contributed by atoms with Crippen molar-refractivity contribution in [1.29, 1.82) is 0 Å². The average molecular weight is 405 g/mol. The van der Waals surface area contributed by atoms with E-state index < -0.39 is 0 Å². The van der Waals surface area contributed by atoms with Crippen LogP contribution in [0.2, 0.25) is 0 Å². The summed E-state index contributed by atoms with van der Waals surface area (Å²) in [7, 11) is 3.21. The molecule has 0 atom stereocenters. The van der Waals surface area contributed by atoms with Gasteiger partial charge in [0.05, 0.1) is 25.5 Å². The topological polar surface area (TPSA) is 80.7 Å².